The fourth-order valence-electron chi connectivity index (χ4n) is 1.39. The quantitative estimate of drug-likeness (QED) is 0.801. The summed E-state index contributed by atoms with van der Waals surface area (Å²) in [7, 11) is 1.70. The van der Waals surface area contributed by atoms with Crippen LogP contribution in [-0.2, 0) is 0 Å². The van der Waals surface area contributed by atoms with E-state index in [0.29, 0.717) is 0 Å². The van der Waals surface area contributed by atoms with E-state index in [2.05, 4.69) is 0 Å². The van der Waals surface area contributed by atoms with Crippen molar-refractivity contribution >= 4 is 11.6 Å². The van der Waals surface area contributed by atoms with Crippen LogP contribution in [0.15, 0.2) is 18.2 Å². The minimum absolute atomic E-state index is 0.0809. The predicted molar refractivity (Wildman–Crippen MR) is 62.7 cm³/mol. The highest BCUT2D eigenvalue weighted by Crippen LogP contribution is 2.18. The molecular formula is C12H17FN2O. The first kappa shape index (κ1) is 12.5. The van der Waals surface area contributed by atoms with E-state index < -0.39 is 5.82 Å². The van der Waals surface area contributed by atoms with Crippen LogP contribution in [0, 0.1) is 5.82 Å². The molecule has 16 heavy (non-hydrogen) atoms. The highest BCUT2D eigenvalue weighted by atomic mass is 19.1. The molecule has 0 saturated carbocycles. The predicted octanol–water partition coefficient (Wildman–Crippen LogP) is 2.28. The van der Waals surface area contributed by atoms with Gasteiger partial charge in [-0.15, -0.1) is 0 Å². The van der Waals surface area contributed by atoms with E-state index in [0.717, 1.165) is 6.42 Å². The lowest BCUT2D eigenvalue weighted by atomic mass is 10.1. The second kappa shape index (κ2) is 4.96. The molecule has 0 heterocycles. The second-order valence-electron chi connectivity index (χ2n) is 3.87. The Morgan fingerprint density at radius 3 is 2.75 bits per heavy atom. The van der Waals surface area contributed by atoms with Crippen LogP contribution in [0.5, 0.6) is 0 Å². The maximum atomic E-state index is 13.2. The number of nitrogens with zero attached hydrogens (tertiary/aromatic N) is 1. The van der Waals surface area contributed by atoms with Gasteiger partial charge in [-0.3, -0.25) is 4.79 Å². The van der Waals surface area contributed by atoms with Gasteiger partial charge in [-0.2, -0.15) is 0 Å². The molecular weight excluding hydrogens is 207 g/mol. The Kier molecular flexibility index (Phi) is 3.88. The molecule has 1 atom stereocenters. The number of benzene rings is 1. The molecule has 1 rings (SSSR count). The maximum Gasteiger partial charge on any atom is 0.256 e. The highest BCUT2D eigenvalue weighted by Gasteiger charge is 2.19. The van der Waals surface area contributed by atoms with Crippen LogP contribution in [0.1, 0.15) is 30.6 Å². The summed E-state index contributed by atoms with van der Waals surface area (Å²) < 4.78 is 13.2. The zero-order chi connectivity index (χ0) is 12.3. The molecule has 0 spiro atoms. The molecule has 0 aliphatic carbocycles. The molecule has 0 bridgehead atoms. The van der Waals surface area contributed by atoms with Crippen molar-refractivity contribution in [2.45, 2.75) is 26.3 Å². The first-order valence-corrected chi connectivity index (χ1v) is 5.30. The summed E-state index contributed by atoms with van der Waals surface area (Å²) in [4.78, 5) is 13.6. The summed E-state index contributed by atoms with van der Waals surface area (Å²) in [6.07, 6.45) is 0.845. The van der Waals surface area contributed by atoms with Crippen LogP contribution >= 0.6 is 0 Å². The number of anilines is 1. The van der Waals surface area contributed by atoms with Crippen molar-refractivity contribution in [1.82, 2.24) is 4.90 Å². The third-order valence-corrected chi connectivity index (χ3v) is 2.86. The fourth-order valence-corrected chi connectivity index (χ4v) is 1.39. The molecule has 0 saturated heterocycles. The van der Waals surface area contributed by atoms with Gasteiger partial charge >= 0.3 is 0 Å². The zero-order valence-electron chi connectivity index (χ0n) is 9.83. The van der Waals surface area contributed by atoms with Gasteiger partial charge in [0.15, 0.2) is 0 Å². The van der Waals surface area contributed by atoms with Crippen LogP contribution in [0.3, 0.4) is 0 Å². The van der Waals surface area contributed by atoms with Crippen LogP contribution in [0.25, 0.3) is 0 Å². The molecule has 2 N–H and O–H groups in total. The Morgan fingerprint density at radius 1 is 1.56 bits per heavy atom. The maximum absolute atomic E-state index is 13.2. The van der Waals surface area contributed by atoms with Crippen LogP contribution in [0.2, 0.25) is 0 Å². The first-order valence-electron chi connectivity index (χ1n) is 5.30. The molecule has 1 aromatic carbocycles. The van der Waals surface area contributed by atoms with Gasteiger partial charge in [0.25, 0.3) is 5.91 Å². The molecule has 0 aliphatic heterocycles. The largest absolute Gasteiger partial charge is 0.396 e. The molecule has 1 amide bonds. The van der Waals surface area contributed by atoms with Crippen LogP contribution in [0.4, 0.5) is 10.1 Å². The van der Waals surface area contributed by atoms with E-state index in [9.17, 15) is 9.18 Å². The lowest BCUT2D eigenvalue weighted by Gasteiger charge is -2.24. The summed E-state index contributed by atoms with van der Waals surface area (Å²) in [5.74, 6) is -0.797. The van der Waals surface area contributed by atoms with E-state index in [4.69, 9.17) is 5.73 Å². The number of rotatable bonds is 3. The Bertz CT molecular complexity index is 393. The summed E-state index contributed by atoms with van der Waals surface area (Å²) in [5.41, 5.74) is 5.68. The Morgan fingerprint density at radius 2 is 2.19 bits per heavy atom. The average Bonchev–Trinajstić information content (AvgIpc) is 2.29. The van der Waals surface area contributed by atoms with Crippen molar-refractivity contribution in [3.8, 4) is 0 Å². The molecule has 0 aromatic heterocycles. The number of carbonyl (C=O) groups excluding carboxylic acids is 1. The lowest BCUT2D eigenvalue weighted by molar-refractivity contribution is 0.0741. The highest BCUT2D eigenvalue weighted by molar-refractivity contribution is 5.99. The van der Waals surface area contributed by atoms with Gasteiger partial charge in [-0.05, 0) is 25.5 Å². The van der Waals surface area contributed by atoms with E-state index in [-0.39, 0.29) is 23.2 Å². The van der Waals surface area contributed by atoms with E-state index in [1.54, 1.807) is 18.0 Å². The summed E-state index contributed by atoms with van der Waals surface area (Å²) in [6.45, 7) is 3.93. The third-order valence-electron chi connectivity index (χ3n) is 2.86. The fraction of sp³-hybridized carbons (Fsp3) is 0.417. The molecule has 88 valence electrons. The van der Waals surface area contributed by atoms with Crippen molar-refractivity contribution in [2.75, 3.05) is 12.8 Å². The van der Waals surface area contributed by atoms with Gasteiger partial charge < -0.3 is 10.6 Å². The summed E-state index contributed by atoms with van der Waals surface area (Å²) in [6, 6.07) is 4.38. The second-order valence-corrected chi connectivity index (χ2v) is 3.87. The number of hydrogen-bond donors (Lipinski definition) is 1. The molecule has 0 aliphatic rings. The number of para-hydroxylation sites is 1. The van der Waals surface area contributed by atoms with Gasteiger partial charge in [0.05, 0.1) is 11.3 Å². The Labute approximate surface area is 95.0 Å². The molecule has 0 fully saturated rings. The van der Waals surface area contributed by atoms with E-state index in [1.807, 2.05) is 13.8 Å². The van der Waals surface area contributed by atoms with Gasteiger partial charge in [0.2, 0.25) is 0 Å². The Balaban J connectivity index is 3.01. The average molecular weight is 224 g/mol. The van der Waals surface area contributed by atoms with Gasteiger partial charge in [-0.1, -0.05) is 13.0 Å². The summed E-state index contributed by atoms with van der Waals surface area (Å²) >= 11 is 0. The summed E-state index contributed by atoms with van der Waals surface area (Å²) in [5, 5.41) is 0. The molecule has 1 unspecified atom stereocenters. The number of nitrogens with two attached hydrogens (primary N) is 1. The molecule has 0 radical (unpaired) electrons. The first-order chi connectivity index (χ1) is 7.49. The number of hydrogen-bond acceptors (Lipinski definition) is 2. The number of amides is 1. The van der Waals surface area contributed by atoms with Crippen LogP contribution < -0.4 is 5.73 Å². The zero-order valence-corrected chi connectivity index (χ0v) is 9.83. The standard InChI is InChI=1S/C12H17FN2O/c1-4-8(2)15(3)12(16)9-6-5-7-10(13)11(9)14/h5-8H,4,14H2,1-3H3. The minimum atomic E-state index is -0.552. The number of carbonyl (C=O) groups is 1. The molecule has 4 heteroatoms. The smallest absolute Gasteiger partial charge is 0.256 e. The number of nitrogen functional groups attached to an aromatic ring is 1. The van der Waals surface area contributed by atoms with Crippen molar-refractivity contribution in [3.05, 3.63) is 29.6 Å². The topological polar surface area (TPSA) is 46.3 Å². The van der Waals surface area contributed by atoms with E-state index >= 15 is 0 Å². The number of halogens is 1. The van der Waals surface area contributed by atoms with Gasteiger partial charge in [0, 0.05) is 13.1 Å². The van der Waals surface area contributed by atoms with Crippen molar-refractivity contribution in [3.63, 3.8) is 0 Å². The Hall–Kier alpha value is -1.58. The van der Waals surface area contributed by atoms with Crippen LogP contribution in [-0.4, -0.2) is 23.9 Å². The minimum Gasteiger partial charge on any atom is -0.396 e. The normalized spacial score (nSPS) is 12.2. The third kappa shape index (κ3) is 2.32. The molecule has 3 nitrogen and oxygen atoms in total. The van der Waals surface area contributed by atoms with Gasteiger partial charge in [0.1, 0.15) is 5.82 Å². The van der Waals surface area contributed by atoms with E-state index in [1.165, 1.54) is 12.1 Å². The van der Waals surface area contributed by atoms with Gasteiger partial charge in [-0.25, -0.2) is 4.39 Å². The van der Waals surface area contributed by atoms with Crippen molar-refractivity contribution in [1.29, 1.82) is 0 Å². The SMILES string of the molecule is CCC(C)N(C)C(=O)c1cccc(F)c1N. The van der Waals surface area contributed by atoms with Crippen molar-refractivity contribution in [2.24, 2.45) is 0 Å². The molecule has 1 aromatic rings. The van der Waals surface area contributed by atoms with Crippen molar-refractivity contribution < 1.29 is 9.18 Å². The monoisotopic (exact) mass is 224 g/mol. The lowest BCUT2D eigenvalue weighted by Crippen LogP contribution is -2.35.